The molecule has 8 aromatic rings. The summed E-state index contributed by atoms with van der Waals surface area (Å²) < 4.78 is 4.61. The number of fused-ring (bicyclic) bond motifs is 4. The number of nitrogens with zero attached hydrogens (tertiary/aromatic N) is 4. The van der Waals surface area contributed by atoms with Gasteiger partial charge in [0.05, 0.1) is 28.0 Å². The largest absolute Gasteiger partial charge is 0.398 e. The molecule has 5 nitrogen and oxygen atoms in total. The maximum Gasteiger partial charge on any atom is 0.123 e. The maximum absolute atomic E-state index is 6.57. The van der Waals surface area contributed by atoms with E-state index in [2.05, 4.69) is 130 Å². The third-order valence-electron chi connectivity index (χ3n) is 8.58. The van der Waals surface area contributed by atoms with Crippen molar-refractivity contribution in [1.29, 1.82) is 0 Å². The van der Waals surface area contributed by atoms with E-state index in [9.17, 15) is 0 Å². The Morgan fingerprint density at radius 1 is 0.689 bits per heavy atom. The minimum absolute atomic E-state index is 0.217. The number of hydrogen-bond acceptors (Lipinski definition) is 3. The zero-order valence-corrected chi connectivity index (χ0v) is 24.9. The van der Waals surface area contributed by atoms with Crippen LogP contribution in [0.2, 0.25) is 0 Å². The number of hydrogen-bond donors (Lipinski definition) is 1. The van der Waals surface area contributed by atoms with E-state index < -0.39 is 0 Å². The highest BCUT2D eigenvalue weighted by molar-refractivity contribution is 6.16. The first-order valence-corrected chi connectivity index (χ1v) is 15.2. The number of aliphatic imine (C=N–C) groups is 1. The zero-order valence-electron chi connectivity index (χ0n) is 24.9. The molecular weight excluding hydrogens is 550 g/mol. The van der Waals surface area contributed by atoms with Crippen molar-refractivity contribution in [2.75, 3.05) is 5.73 Å². The van der Waals surface area contributed by atoms with Gasteiger partial charge in [0.25, 0.3) is 0 Å². The molecule has 0 aliphatic carbocycles. The highest BCUT2D eigenvalue weighted by Gasteiger charge is 2.19. The van der Waals surface area contributed by atoms with Gasteiger partial charge in [0.2, 0.25) is 0 Å². The van der Waals surface area contributed by atoms with Crippen LogP contribution < -0.4 is 5.73 Å². The molecule has 0 radical (unpaired) electrons. The summed E-state index contributed by atoms with van der Waals surface area (Å²) >= 11 is 0. The van der Waals surface area contributed by atoms with Gasteiger partial charge in [0.1, 0.15) is 6.17 Å². The first-order chi connectivity index (χ1) is 22.2. The normalized spacial score (nSPS) is 12.7. The molecule has 1 atom stereocenters. The average molecular weight is 582 g/mol. The molecule has 5 aromatic carbocycles. The van der Waals surface area contributed by atoms with Crippen molar-refractivity contribution in [1.82, 2.24) is 14.1 Å². The lowest BCUT2D eigenvalue weighted by Crippen LogP contribution is -2.11. The first-order valence-electron chi connectivity index (χ1n) is 15.2. The van der Waals surface area contributed by atoms with E-state index in [1.54, 1.807) is 0 Å². The van der Waals surface area contributed by atoms with E-state index >= 15 is 0 Å². The topological polar surface area (TPSA) is 61.1 Å². The number of nitrogens with two attached hydrogens (primary N) is 1. The summed E-state index contributed by atoms with van der Waals surface area (Å²) in [6.45, 7) is 2.16. The SMILES string of the molecule is CC(/N=C(/c1ccc(-c2ccccn2)cc1)c1ccccc1N)n1c2ccccc2c2cc3c(ccn3-c3ccccc3)cc21. The van der Waals surface area contributed by atoms with Crippen molar-refractivity contribution in [2.24, 2.45) is 4.99 Å². The van der Waals surface area contributed by atoms with Crippen LogP contribution in [0.1, 0.15) is 24.2 Å². The molecule has 2 N–H and O–H groups in total. The molecule has 0 aliphatic heterocycles. The van der Waals surface area contributed by atoms with Crippen LogP contribution in [0.4, 0.5) is 5.69 Å². The molecule has 3 aromatic heterocycles. The van der Waals surface area contributed by atoms with Crippen molar-refractivity contribution in [2.45, 2.75) is 13.1 Å². The van der Waals surface area contributed by atoms with Gasteiger partial charge in [-0.2, -0.15) is 0 Å². The molecule has 5 heteroatoms. The molecule has 0 fully saturated rings. The molecule has 0 spiro atoms. The monoisotopic (exact) mass is 581 g/mol. The Bertz CT molecular complexity index is 2330. The molecule has 216 valence electrons. The third kappa shape index (κ3) is 4.66. The molecule has 45 heavy (non-hydrogen) atoms. The smallest absolute Gasteiger partial charge is 0.123 e. The Labute approximate surface area is 261 Å². The number of nitrogen functional groups attached to an aromatic ring is 1. The van der Waals surface area contributed by atoms with E-state index in [1.165, 1.54) is 21.7 Å². The summed E-state index contributed by atoms with van der Waals surface area (Å²) in [6, 6.07) is 48.3. The molecule has 0 saturated carbocycles. The fourth-order valence-corrected chi connectivity index (χ4v) is 6.43. The van der Waals surface area contributed by atoms with Crippen LogP contribution in [0.3, 0.4) is 0 Å². The van der Waals surface area contributed by atoms with Gasteiger partial charge in [-0.3, -0.25) is 9.98 Å². The number of anilines is 1. The van der Waals surface area contributed by atoms with Gasteiger partial charge in [0, 0.05) is 56.6 Å². The number of benzene rings is 5. The van der Waals surface area contributed by atoms with Gasteiger partial charge in [-0.25, -0.2) is 0 Å². The van der Waals surface area contributed by atoms with E-state index in [4.69, 9.17) is 10.7 Å². The molecule has 1 unspecified atom stereocenters. The van der Waals surface area contributed by atoms with Crippen LogP contribution in [0, 0.1) is 0 Å². The fraction of sp³-hybridized carbons (Fsp3) is 0.0500. The minimum Gasteiger partial charge on any atom is -0.398 e. The van der Waals surface area contributed by atoms with Crippen LogP contribution in [0.25, 0.3) is 49.7 Å². The lowest BCUT2D eigenvalue weighted by atomic mass is 9.98. The van der Waals surface area contributed by atoms with Crippen molar-refractivity contribution in [3.8, 4) is 16.9 Å². The Morgan fingerprint density at radius 3 is 2.24 bits per heavy atom. The van der Waals surface area contributed by atoms with E-state index in [0.717, 1.165) is 44.8 Å². The van der Waals surface area contributed by atoms with Crippen molar-refractivity contribution >= 4 is 44.1 Å². The van der Waals surface area contributed by atoms with Crippen molar-refractivity contribution in [3.63, 3.8) is 0 Å². The molecule has 0 bridgehead atoms. The van der Waals surface area contributed by atoms with Gasteiger partial charge < -0.3 is 14.9 Å². The maximum atomic E-state index is 6.57. The number of aromatic nitrogens is 3. The van der Waals surface area contributed by atoms with Crippen LogP contribution in [-0.2, 0) is 0 Å². The second kappa shape index (κ2) is 11.0. The van der Waals surface area contributed by atoms with Crippen LogP contribution in [0.5, 0.6) is 0 Å². The number of pyridine rings is 1. The summed E-state index contributed by atoms with van der Waals surface area (Å²) in [5, 5.41) is 3.60. The Kier molecular flexibility index (Phi) is 6.50. The van der Waals surface area contributed by atoms with Crippen LogP contribution in [0.15, 0.2) is 157 Å². The fourth-order valence-electron chi connectivity index (χ4n) is 6.43. The van der Waals surface area contributed by atoms with E-state index in [0.29, 0.717) is 5.69 Å². The molecular formula is C40H31N5. The molecule has 0 saturated heterocycles. The Hall–Kier alpha value is -5.94. The average Bonchev–Trinajstić information content (AvgIpc) is 3.66. The highest BCUT2D eigenvalue weighted by atomic mass is 15.1. The lowest BCUT2D eigenvalue weighted by Gasteiger charge is -2.17. The summed E-state index contributed by atoms with van der Waals surface area (Å²) in [6.07, 6.45) is 3.75. The quantitative estimate of drug-likeness (QED) is 0.157. The van der Waals surface area contributed by atoms with Crippen LogP contribution >= 0.6 is 0 Å². The number of para-hydroxylation sites is 3. The number of rotatable bonds is 6. The molecule has 0 aliphatic rings. The predicted molar refractivity (Wildman–Crippen MR) is 187 cm³/mol. The van der Waals surface area contributed by atoms with Crippen LogP contribution in [-0.4, -0.2) is 19.8 Å². The van der Waals surface area contributed by atoms with Gasteiger partial charge in [-0.1, -0.05) is 84.9 Å². The Morgan fingerprint density at radius 2 is 1.44 bits per heavy atom. The lowest BCUT2D eigenvalue weighted by molar-refractivity contribution is 0.614. The Balaban J connectivity index is 1.30. The van der Waals surface area contributed by atoms with Gasteiger partial charge in [0.15, 0.2) is 0 Å². The second-order valence-electron chi connectivity index (χ2n) is 11.3. The van der Waals surface area contributed by atoms with Crippen molar-refractivity contribution < 1.29 is 0 Å². The zero-order chi connectivity index (χ0) is 30.3. The van der Waals surface area contributed by atoms with Gasteiger partial charge in [-0.15, -0.1) is 0 Å². The first kappa shape index (κ1) is 26.7. The van der Waals surface area contributed by atoms with Gasteiger partial charge >= 0.3 is 0 Å². The summed E-state index contributed by atoms with van der Waals surface area (Å²) in [7, 11) is 0. The van der Waals surface area contributed by atoms with Gasteiger partial charge in [-0.05, 0) is 61.5 Å². The predicted octanol–water partition coefficient (Wildman–Crippen LogP) is 9.44. The minimum atomic E-state index is -0.217. The summed E-state index contributed by atoms with van der Waals surface area (Å²) in [5.41, 5.74) is 16.7. The molecule has 8 rings (SSSR count). The third-order valence-corrected chi connectivity index (χ3v) is 8.58. The highest BCUT2D eigenvalue weighted by Crippen LogP contribution is 2.36. The second-order valence-corrected chi connectivity index (χ2v) is 11.3. The summed E-state index contributed by atoms with van der Waals surface area (Å²) in [4.78, 5) is 9.96. The molecule has 0 amide bonds. The van der Waals surface area contributed by atoms with E-state index in [-0.39, 0.29) is 6.17 Å². The van der Waals surface area contributed by atoms with Crippen molar-refractivity contribution in [3.05, 3.63) is 163 Å². The summed E-state index contributed by atoms with van der Waals surface area (Å²) in [5.74, 6) is 0. The standard InChI is InChI=1S/C40H31N5/c1-27(43-40(33-14-5-7-15-35(33)41)29-20-18-28(19-21-29)36-16-9-10-23-42-36)45-37-17-8-6-13-32(37)34-26-38-30(25-39(34)45)22-24-44(38)31-11-3-2-4-12-31/h2-27H,41H2,1H3/b43-40-. The molecule has 3 heterocycles. The van der Waals surface area contributed by atoms with E-state index in [1.807, 2.05) is 42.6 Å².